The van der Waals surface area contributed by atoms with Crippen LogP contribution in [0.5, 0.6) is 5.75 Å². The maximum atomic E-state index is 5.78. The molecule has 2 aromatic heterocycles. The van der Waals surface area contributed by atoms with Gasteiger partial charge in [-0.15, -0.1) is 0 Å². The summed E-state index contributed by atoms with van der Waals surface area (Å²) in [7, 11) is 0. The molecule has 7 heteroatoms. The number of pyridine rings is 1. The average Bonchev–Trinajstić information content (AvgIpc) is 3.09. The Kier molecular flexibility index (Phi) is 7.65. The minimum Gasteiger partial charge on any atom is -0.494 e. The average molecular weight is 421 g/mol. The van der Waals surface area contributed by atoms with Crippen LogP contribution in [0.2, 0.25) is 0 Å². The number of rotatable bonds is 8. The lowest BCUT2D eigenvalue weighted by Crippen LogP contribution is -2.36. The molecular weight excluding hydrogens is 388 g/mol. The number of aromatic nitrogens is 3. The van der Waals surface area contributed by atoms with Crippen LogP contribution in [0.4, 0.5) is 0 Å². The summed E-state index contributed by atoms with van der Waals surface area (Å²) in [6.45, 7) is 12.7. The van der Waals surface area contributed by atoms with Crippen LogP contribution in [0.25, 0.3) is 5.82 Å². The zero-order valence-electron chi connectivity index (χ0n) is 19.1. The molecule has 3 rings (SSSR count). The van der Waals surface area contributed by atoms with E-state index in [0.29, 0.717) is 19.7 Å². The Bertz CT molecular complexity index is 1020. The highest BCUT2D eigenvalue weighted by atomic mass is 16.5. The summed E-state index contributed by atoms with van der Waals surface area (Å²) in [5.74, 6) is 2.48. The molecule has 0 fully saturated rings. The van der Waals surface area contributed by atoms with E-state index in [-0.39, 0.29) is 0 Å². The molecule has 2 N–H and O–H groups in total. The second-order valence-corrected chi connectivity index (χ2v) is 7.46. The van der Waals surface area contributed by atoms with E-state index >= 15 is 0 Å². The molecular formula is C24H32N6O. The summed E-state index contributed by atoms with van der Waals surface area (Å²) in [6.07, 6.45) is 1.85. The van der Waals surface area contributed by atoms with Crippen LogP contribution in [-0.2, 0) is 13.1 Å². The fraction of sp³-hybridized carbons (Fsp3) is 0.375. The van der Waals surface area contributed by atoms with Crippen molar-refractivity contribution in [2.75, 3.05) is 13.2 Å². The summed E-state index contributed by atoms with van der Waals surface area (Å²) in [4.78, 5) is 9.26. The minimum atomic E-state index is 0.534. The molecule has 31 heavy (non-hydrogen) atoms. The SMILES string of the molecule is CCNC(=NCc1ccc(-n2nc(C)cc2C)nc1)NCc1ccc(C)cc1OCC. The third-order valence-corrected chi connectivity index (χ3v) is 4.77. The monoisotopic (exact) mass is 420 g/mol. The number of hydrogen-bond donors (Lipinski definition) is 2. The minimum absolute atomic E-state index is 0.534. The van der Waals surface area contributed by atoms with E-state index in [4.69, 9.17) is 9.73 Å². The summed E-state index contributed by atoms with van der Waals surface area (Å²) >= 11 is 0. The van der Waals surface area contributed by atoms with E-state index in [1.165, 1.54) is 5.56 Å². The molecule has 0 amide bonds. The molecule has 164 valence electrons. The lowest BCUT2D eigenvalue weighted by Gasteiger charge is -2.15. The van der Waals surface area contributed by atoms with Gasteiger partial charge < -0.3 is 15.4 Å². The molecule has 7 nitrogen and oxygen atoms in total. The number of nitrogens with one attached hydrogen (secondary N) is 2. The van der Waals surface area contributed by atoms with Crippen LogP contribution in [0, 0.1) is 20.8 Å². The molecule has 0 bridgehead atoms. The van der Waals surface area contributed by atoms with Crippen molar-refractivity contribution in [3.05, 3.63) is 70.7 Å². The first-order valence-corrected chi connectivity index (χ1v) is 10.7. The van der Waals surface area contributed by atoms with Gasteiger partial charge in [0, 0.05) is 30.5 Å². The second kappa shape index (κ2) is 10.6. The molecule has 0 saturated carbocycles. The lowest BCUT2D eigenvalue weighted by atomic mass is 10.1. The van der Waals surface area contributed by atoms with Gasteiger partial charge in [0.25, 0.3) is 0 Å². The lowest BCUT2D eigenvalue weighted by molar-refractivity contribution is 0.336. The van der Waals surface area contributed by atoms with Crippen LogP contribution in [0.15, 0.2) is 47.6 Å². The van der Waals surface area contributed by atoms with Gasteiger partial charge in [-0.25, -0.2) is 14.7 Å². The van der Waals surface area contributed by atoms with Crippen molar-refractivity contribution in [3.63, 3.8) is 0 Å². The number of ether oxygens (including phenoxy) is 1. The Morgan fingerprint density at radius 1 is 1.06 bits per heavy atom. The zero-order chi connectivity index (χ0) is 22.2. The smallest absolute Gasteiger partial charge is 0.191 e. The van der Waals surface area contributed by atoms with Crippen molar-refractivity contribution in [2.45, 2.75) is 47.7 Å². The van der Waals surface area contributed by atoms with E-state index < -0.39 is 0 Å². The largest absolute Gasteiger partial charge is 0.494 e. The maximum absolute atomic E-state index is 5.78. The van der Waals surface area contributed by atoms with Gasteiger partial charge in [-0.05, 0) is 63.9 Å². The molecule has 0 aliphatic carbocycles. The Morgan fingerprint density at radius 2 is 1.90 bits per heavy atom. The number of nitrogens with zero attached hydrogens (tertiary/aromatic N) is 4. The van der Waals surface area contributed by atoms with Crippen molar-refractivity contribution in [3.8, 4) is 11.6 Å². The van der Waals surface area contributed by atoms with Gasteiger partial charge in [-0.1, -0.05) is 18.2 Å². The maximum Gasteiger partial charge on any atom is 0.191 e. The molecule has 0 aliphatic rings. The van der Waals surface area contributed by atoms with Gasteiger partial charge in [-0.2, -0.15) is 5.10 Å². The highest BCUT2D eigenvalue weighted by molar-refractivity contribution is 5.79. The van der Waals surface area contributed by atoms with Crippen molar-refractivity contribution in [1.29, 1.82) is 0 Å². The summed E-state index contributed by atoms with van der Waals surface area (Å²) in [5, 5.41) is 11.2. The quantitative estimate of drug-likeness (QED) is 0.428. The van der Waals surface area contributed by atoms with Crippen molar-refractivity contribution < 1.29 is 4.74 Å². The van der Waals surface area contributed by atoms with Crippen molar-refractivity contribution in [2.24, 2.45) is 4.99 Å². The Hall–Kier alpha value is -3.35. The predicted octanol–water partition coefficient (Wildman–Crippen LogP) is 3.85. The number of hydrogen-bond acceptors (Lipinski definition) is 4. The predicted molar refractivity (Wildman–Crippen MR) is 125 cm³/mol. The summed E-state index contributed by atoms with van der Waals surface area (Å²) in [6, 6.07) is 12.3. The Morgan fingerprint density at radius 3 is 2.55 bits per heavy atom. The number of aryl methyl sites for hydroxylation is 3. The molecule has 0 radical (unpaired) electrons. The molecule has 0 spiro atoms. The van der Waals surface area contributed by atoms with Crippen LogP contribution in [0.1, 0.15) is 41.9 Å². The van der Waals surface area contributed by atoms with Gasteiger partial charge in [0.15, 0.2) is 11.8 Å². The van der Waals surface area contributed by atoms with Crippen molar-refractivity contribution in [1.82, 2.24) is 25.4 Å². The van der Waals surface area contributed by atoms with E-state index in [1.807, 2.05) is 49.8 Å². The zero-order valence-corrected chi connectivity index (χ0v) is 19.1. The number of benzene rings is 1. The van der Waals surface area contributed by atoms with E-state index in [9.17, 15) is 0 Å². The van der Waals surface area contributed by atoms with Crippen LogP contribution in [0.3, 0.4) is 0 Å². The molecule has 0 aliphatic heterocycles. The van der Waals surface area contributed by atoms with Gasteiger partial charge in [0.2, 0.25) is 0 Å². The standard InChI is InChI=1S/C24H32N6O/c1-6-25-24(28-16-21-10-8-17(3)12-22(21)31-7-2)27-15-20-9-11-23(26-14-20)30-19(5)13-18(4)29-30/h8-14H,6-7,15-16H2,1-5H3,(H2,25,27,28). The number of guanidine groups is 1. The van der Waals surface area contributed by atoms with Crippen LogP contribution >= 0.6 is 0 Å². The Labute approximate surface area is 184 Å². The van der Waals surface area contributed by atoms with Crippen LogP contribution in [-0.4, -0.2) is 33.9 Å². The molecule has 0 saturated heterocycles. The topological polar surface area (TPSA) is 76.4 Å². The Balaban J connectivity index is 1.66. The first-order chi connectivity index (χ1) is 15.0. The van der Waals surface area contributed by atoms with Gasteiger partial charge in [-0.3, -0.25) is 0 Å². The number of aliphatic imine (C=N–C) groups is 1. The third kappa shape index (κ3) is 6.07. The normalized spacial score (nSPS) is 11.5. The second-order valence-electron chi connectivity index (χ2n) is 7.46. The highest BCUT2D eigenvalue weighted by Crippen LogP contribution is 2.20. The molecule has 0 atom stereocenters. The first kappa shape index (κ1) is 22.3. The highest BCUT2D eigenvalue weighted by Gasteiger charge is 2.07. The van der Waals surface area contributed by atoms with Gasteiger partial charge in [0.1, 0.15) is 5.75 Å². The van der Waals surface area contributed by atoms with Gasteiger partial charge in [0.05, 0.1) is 18.8 Å². The molecule has 0 unspecified atom stereocenters. The van der Waals surface area contributed by atoms with E-state index in [1.54, 1.807) is 0 Å². The fourth-order valence-corrected chi connectivity index (χ4v) is 3.29. The van der Waals surface area contributed by atoms with Crippen LogP contribution < -0.4 is 15.4 Å². The molecule has 1 aromatic carbocycles. The fourth-order valence-electron chi connectivity index (χ4n) is 3.29. The third-order valence-electron chi connectivity index (χ3n) is 4.77. The van der Waals surface area contributed by atoms with E-state index in [0.717, 1.165) is 46.6 Å². The molecule has 2 heterocycles. The van der Waals surface area contributed by atoms with E-state index in [2.05, 4.69) is 52.8 Å². The summed E-state index contributed by atoms with van der Waals surface area (Å²) < 4.78 is 7.63. The molecule has 3 aromatic rings. The van der Waals surface area contributed by atoms with Crippen molar-refractivity contribution >= 4 is 5.96 Å². The first-order valence-electron chi connectivity index (χ1n) is 10.7. The van der Waals surface area contributed by atoms with Gasteiger partial charge >= 0.3 is 0 Å². The summed E-state index contributed by atoms with van der Waals surface area (Å²) in [5.41, 5.74) is 5.37.